The van der Waals surface area contributed by atoms with Gasteiger partial charge in [0.05, 0.1) is 59.5 Å². The fraction of sp³-hybridized carbons (Fsp3) is 0.304. The van der Waals surface area contributed by atoms with Gasteiger partial charge in [-0.15, -0.1) is 0 Å². The highest BCUT2D eigenvalue weighted by Crippen LogP contribution is 2.39. The Morgan fingerprint density at radius 2 is 1.66 bits per heavy atom. The summed E-state index contributed by atoms with van der Waals surface area (Å²) in [6.07, 6.45) is 6.88. The van der Waals surface area contributed by atoms with E-state index in [4.69, 9.17) is 23.7 Å². The Balaban J connectivity index is 0.853. The van der Waals surface area contributed by atoms with Crippen LogP contribution in [-0.4, -0.2) is 73.4 Å². The van der Waals surface area contributed by atoms with Crippen molar-refractivity contribution < 1.29 is 38.4 Å². The van der Waals surface area contributed by atoms with Gasteiger partial charge in [-0.1, -0.05) is 47.2 Å². The molecule has 3 atom stereocenters. The van der Waals surface area contributed by atoms with Crippen LogP contribution in [0.25, 0.3) is 21.0 Å². The lowest BCUT2D eigenvalue weighted by atomic mass is 9.90. The van der Waals surface area contributed by atoms with Crippen LogP contribution in [0.15, 0.2) is 102 Å². The summed E-state index contributed by atoms with van der Waals surface area (Å²) in [6.45, 7) is 5.83. The van der Waals surface area contributed by atoms with Crippen molar-refractivity contribution in [1.82, 2.24) is 4.98 Å². The van der Waals surface area contributed by atoms with Crippen molar-refractivity contribution in [2.24, 2.45) is 11.0 Å². The maximum absolute atomic E-state index is 13.4. The van der Waals surface area contributed by atoms with E-state index in [1.165, 1.54) is 17.8 Å². The first kappa shape index (κ1) is 39.2. The number of aliphatic hydroxyl groups is 1. The van der Waals surface area contributed by atoms with Gasteiger partial charge in [-0.05, 0) is 122 Å². The molecule has 3 unspecified atom stereocenters. The molecule has 0 amide bonds. The largest absolute Gasteiger partial charge is 0.493 e. The summed E-state index contributed by atoms with van der Waals surface area (Å²) in [6, 6.07) is 29.2. The number of esters is 2. The molecule has 1 saturated carbocycles. The average Bonchev–Trinajstić information content (AvgIpc) is 3.88. The van der Waals surface area contributed by atoms with Gasteiger partial charge >= 0.3 is 11.9 Å². The predicted octanol–water partition coefficient (Wildman–Crippen LogP) is 8.69. The Labute approximate surface area is 340 Å². The summed E-state index contributed by atoms with van der Waals surface area (Å²) in [5.41, 5.74) is 3.66. The van der Waals surface area contributed by atoms with Gasteiger partial charge in [-0.3, -0.25) is 0 Å². The van der Waals surface area contributed by atoms with E-state index < -0.39 is 11.9 Å². The third-order valence-electron chi connectivity index (χ3n) is 10.3. The molecule has 5 aromatic carbocycles. The number of nitrogens with zero attached hydrogens (tertiary/aromatic N) is 3. The van der Waals surface area contributed by atoms with Crippen molar-refractivity contribution in [3.05, 3.63) is 125 Å². The van der Waals surface area contributed by atoms with Crippen LogP contribution in [0.3, 0.4) is 0 Å². The van der Waals surface area contributed by atoms with Gasteiger partial charge in [-0.2, -0.15) is 5.10 Å². The number of carbonyl (C=O) groups excluding carboxylic acids is 2. The molecule has 298 valence electrons. The molecule has 1 aliphatic heterocycles. The summed E-state index contributed by atoms with van der Waals surface area (Å²) >= 11 is 1.47. The summed E-state index contributed by atoms with van der Waals surface area (Å²) < 4.78 is 30.1. The number of epoxide rings is 1. The van der Waals surface area contributed by atoms with E-state index in [1.807, 2.05) is 67.6 Å². The first-order chi connectivity index (χ1) is 28.3. The second kappa shape index (κ2) is 17.9. The Bertz CT molecular complexity index is 2430. The molecule has 1 aliphatic carbocycles. The number of hydrogen-bond acceptors (Lipinski definition) is 12. The van der Waals surface area contributed by atoms with Crippen LogP contribution < -0.4 is 19.2 Å². The molecule has 1 N–H and O–H groups in total. The lowest BCUT2D eigenvalue weighted by Gasteiger charge is -2.18. The zero-order valence-electron chi connectivity index (χ0n) is 32.5. The Kier molecular flexibility index (Phi) is 12.1. The van der Waals surface area contributed by atoms with Crippen molar-refractivity contribution in [3.63, 3.8) is 0 Å². The fourth-order valence-corrected chi connectivity index (χ4v) is 8.10. The maximum Gasteiger partial charge on any atom is 0.343 e. The normalized spacial score (nSPS) is 17.3. The van der Waals surface area contributed by atoms with Crippen molar-refractivity contribution >= 4 is 55.6 Å². The summed E-state index contributed by atoms with van der Waals surface area (Å²) in [5, 5.41) is 18.4. The molecule has 0 spiro atoms. The minimum absolute atomic E-state index is 0.123. The number of benzene rings is 5. The number of aromatic nitrogens is 1. The van der Waals surface area contributed by atoms with Gasteiger partial charge in [-0.25, -0.2) is 19.6 Å². The van der Waals surface area contributed by atoms with Crippen molar-refractivity contribution in [2.75, 3.05) is 38.0 Å². The molecule has 58 heavy (non-hydrogen) atoms. The highest BCUT2D eigenvalue weighted by Gasteiger charge is 2.43. The average molecular weight is 800 g/mol. The minimum Gasteiger partial charge on any atom is -0.493 e. The van der Waals surface area contributed by atoms with Gasteiger partial charge in [0.1, 0.15) is 17.2 Å². The molecule has 1 aromatic heterocycles. The molecule has 1 saturated heterocycles. The van der Waals surface area contributed by atoms with Crippen LogP contribution in [0.1, 0.15) is 63.1 Å². The number of rotatable bonds is 16. The second-order valence-electron chi connectivity index (χ2n) is 14.7. The lowest BCUT2D eigenvalue weighted by molar-refractivity contribution is 0.0730. The zero-order valence-corrected chi connectivity index (χ0v) is 33.3. The first-order valence-electron chi connectivity index (χ1n) is 19.6. The minimum atomic E-state index is -0.578. The fourth-order valence-electron chi connectivity index (χ4n) is 7.15. The van der Waals surface area contributed by atoms with Crippen molar-refractivity contribution in [3.8, 4) is 17.2 Å². The Morgan fingerprint density at radius 3 is 2.48 bits per heavy atom. The first-order valence-corrected chi connectivity index (χ1v) is 20.4. The van der Waals surface area contributed by atoms with E-state index in [0.717, 1.165) is 58.2 Å². The molecule has 11 nitrogen and oxygen atoms in total. The second-order valence-corrected chi connectivity index (χ2v) is 15.8. The van der Waals surface area contributed by atoms with Gasteiger partial charge in [0.15, 0.2) is 0 Å². The molecule has 2 aliphatic rings. The highest BCUT2D eigenvalue weighted by molar-refractivity contribution is 7.22. The van der Waals surface area contributed by atoms with E-state index >= 15 is 0 Å². The number of thiazole rings is 1. The molecular formula is C46H45N3O8S. The topological polar surface area (TPSA) is 132 Å². The number of para-hydroxylation sites is 1. The number of fused-ring (bicyclic) bond motifs is 3. The van der Waals surface area contributed by atoms with Crippen LogP contribution in [0.2, 0.25) is 0 Å². The third kappa shape index (κ3) is 9.54. The zero-order chi connectivity index (χ0) is 40.0. The number of ether oxygens (including phenoxy) is 5. The molecule has 0 radical (unpaired) electrons. The quantitative estimate of drug-likeness (QED) is 0.0253. The predicted molar refractivity (Wildman–Crippen MR) is 225 cm³/mol. The SMILES string of the molecule is Cc1ccc(OC(=O)c2ccc(OC(=O)c3ccc4cc(OCCCOCC5CCC6OC6C5)ccc4c3)c(C)c2)c(/C=N/N(CCO)c2nc3ccccc3s2)c1. The maximum atomic E-state index is 13.4. The number of hydrogen-bond donors (Lipinski definition) is 1. The van der Waals surface area contributed by atoms with E-state index in [-0.39, 0.29) is 13.2 Å². The standard InChI is InChI=1S/C46H45N3O8S/c1-29-8-15-40(36(22-29)27-47-49(18-19-50)46-48-38-6-3-4-7-43(38)58-46)57-44(51)34-13-17-39(30(2)23-34)56-45(52)35-11-10-33-26-37(14-12-32(33)25-35)54-21-5-20-53-28-31-9-16-41-42(24-31)55-41/h3-4,6-8,10-15,17,22-23,25-27,31,41-42,50H,5,9,16,18-21,24,28H2,1-2H3/b47-27+. The van der Waals surface area contributed by atoms with Crippen LogP contribution in [0, 0.1) is 19.8 Å². The monoisotopic (exact) mass is 799 g/mol. The van der Waals surface area contributed by atoms with E-state index in [0.29, 0.717) is 70.2 Å². The molecular weight excluding hydrogens is 755 g/mol. The number of anilines is 1. The molecule has 8 rings (SSSR count). The Hall–Kier alpha value is -5.66. The van der Waals surface area contributed by atoms with E-state index in [2.05, 4.69) is 10.1 Å². The Morgan fingerprint density at radius 1 is 0.879 bits per heavy atom. The smallest absolute Gasteiger partial charge is 0.343 e. The molecule has 12 heteroatoms. The number of aryl methyl sites for hydroxylation is 2. The molecule has 6 aromatic rings. The lowest BCUT2D eigenvalue weighted by Crippen LogP contribution is -2.20. The highest BCUT2D eigenvalue weighted by atomic mass is 32.1. The number of carbonyl (C=O) groups is 2. The van der Waals surface area contributed by atoms with Crippen molar-refractivity contribution in [1.29, 1.82) is 0 Å². The van der Waals surface area contributed by atoms with Gasteiger partial charge in [0.25, 0.3) is 0 Å². The third-order valence-corrected chi connectivity index (χ3v) is 11.4. The van der Waals surface area contributed by atoms with E-state index in [1.54, 1.807) is 54.5 Å². The molecule has 0 bridgehead atoms. The van der Waals surface area contributed by atoms with Crippen LogP contribution in [-0.2, 0) is 9.47 Å². The summed E-state index contributed by atoms with van der Waals surface area (Å²) in [7, 11) is 0. The van der Waals surface area contributed by atoms with E-state index in [9.17, 15) is 14.7 Å². The molecule has 2 heterocycles. The number of hydrazone groups is 1. The van der Waals surface area contributed by atoms with Crippen LogP contribution >= 0.6 is 11.3 Å². The van der Waals surface area contributed by atoms with Gasteiger partial charge in [0, 0.05) is 25.2 Å². The van der Waals surface area contributed by atoms with Crippen molar-refractivity contribution in [2.45, 2.75) is 51.7 Å². The number of aliphatic hydroxyl groups excluding tert-OH is 1. The van der Waals surface area contributed by atoms with Gasteiger partial charge in [0.2, 0.25) is 5.13 Å². The van der Waals surface area contributed by atoms with Crippen LogP contribution in [0.5, 0.6) is 17.2 Å². The van der Waals surface area contributed by atoms with Crippen LogP contribution in [0.4, 0.5) is 5.13 Å². The molecule has 2 fully saturated rings. The van der Waals surface area contributed by atoms with Gasteiger partial charge < -0.3 is 28.8 Å². The summed E-state index contributed by atoms with van der Waals surface area (Å²) in [4.78, 5) is 31.3. The summed E-state index contributed by atoms with van der Waals surface area (Å²) in [5.74, 6) is 0.930.